The first-order chi connectivity index (χ1) is 12.5. The number of nitrogens with zero attached hydrogens (tertiary/aromatic N) is 4. The lowest BCUT2D eigenvalue weighted by Crippen LogP contribution is -2.41. The summed E-state index contributed by atoms with van der Waals surface area (Å²) in [4.78, 5) is 21.9. The topological polar surface area (TPSA) is 90.6 Å². The molecule has 2 aromatic rings. The van der Waals surface area contributed by atoms with E-state index >= 15 is 0 Å². The molecule has 0 bridgehead atoms. The number of halogens is 1. The fourth-order valence-electron chi connectivity index (χ4n) is 2.61. The number of hydrogen-bond acceptors (Lipinski definition) is 7. The lowest BCUT2D eigenvalue weighted by Gasteiger charge is -2.31. The van der Waals surface area contributed by atoms with Crippen LogP contribution in [0.3, 0.4) is 0 Å². The maximum Gasteiger partial charge on any atom is 0.410 e. The minimum absolute atomic E-state index is 0.0469. The Morgan fingerprint density at radius 2 is 2.15 bits per heavy atom. The predicted molar refractivity (Wildman–Crippen MR) is 93.5 cm³/mol. The van der Waals surface area contributed by atoms with Crippen LogP contribution in [0.25, 0.3) is 11.4 Å². The summed E-state index contributed by atoms with van der Waals surface area (Å²) in [6, 6.07) is 3.44. The van der Waals surface area contributed by atoms with E-state index in [0.717, 1.165) is 18.4 Å². The van der Waals surface area contributed by atoms with Crippen LogP contribution in [0.5, 0.6) is 0 Å². The second kappa shape index (κ2) is 8.46. The second-order valence-corrected chi connectivity index (χ2v) is 6.70. The summed E-state index contributed by atoms with van der Waals surface area (Å²) in [5.74, 6) is 0.843. The molecule has 3 heterocycles. The van der Waals surface area contributed by atoms with E-state index in [1.54, 1.807) is 23.2 Å². The Balaban J connectivity index is 1.46. The monoisotopic (exact) mass is 380 g/mol. The van der Waals surface area contributed by atoms with E-state index in [4.69, 9.17) is 25.6 Å². The minimum Gasteiger partial charge on any atom is -0.447 e. The Labute approximate surface area is 156 Å². The van der Waals surface area contributed by atoms with E-state index in [2.05, 4.69) is 15.1 Å². The summed E-state index contributed by atoms with van der Waals surface area (Å²) in [5.41, 5.74) is 0.723. The van der Waals surface area contributed by atoms with Gasteiger partial charge in [-0.3, -0.25) is 0 Å². The third-order valence-corrected chi connectivity index (χ3v) is 4.16. The summed E-state index contributed by atoms with van der Waals surface area (Å²) in [5, 5.41) is 4.33. The number of rotatable bonds is 5. The smallest absolute Gasteiger partial charge is 0.410 e. The van der Waals surface area contributed by atoms with Crippen LogP contribution in [0.2, 0.25) is 5.15 Å². The van der Waals surface area contributed by atoms with Crippen molar-refractivity contribution in [1.29, 1.82) is 0 Å². The molecule has 2 aromatic heterocycles. The Kier molecular flexibility index (Phi) is 6.05. The minimum atomic E-state index is -0.267. The molecule has 9 heteroatoms. The molecule has 0 saturated carbocycles. The van der Waals surface area contributed by atoms with E-state index in [9.17, 15) is 4.79 Å². The average Bonchev–Trinajstić information content (AvgIpc) is 3.09. The lowest BCUT2D eigenvalue weighted by atomic mass is 10.1. The maximum atomic E-state index is 11.9. The van der Waals surface area contributed by atoms with Gasteiger partial charge in [-0.25, -0.2) is 9.78 Å². The van der Waals surface area contributed by atoms with Crippen LogP contribution in [0.15, 0.2) is 22.9 Å². The van der Waals surface area contributed by atoms with Crippen molar-refractivity contribution in [3.8, 4) is 11.4 Å². The van der Waals surface area contributed by atoms with Crippen molar-refractivity contribution in [1.82, 2.24) is 20.0 Å². The second-order valence-electron chi connectivity index (χ2n) is 6.31. The zero-order valence-electron chi connectivity index (χ0n) is 14.7. The van der Waals surface area contributed by atoms with Gasteiger partial charge in [0.05, 0.1) is 12.2 Å². The van der Waals surface area contributed by atoms with E-state index in [1.807, 2.05) is 13.8 Å². The molecular formula is C17H21ClN4O4. The first kappa shape index (κ1) is 18.6. The molecule has 0 radical (unpaired) electrons. The van der Waals surface area contributed by atoms with Gasteiger partial charge in [-0.2, -0.15) is 4.98 Å². The number of ether oxygens (including phenoxy) is 2. The molecule has 1 aliphatic rings. The molecule has 0 aliphatic carbocycles. The Morgan fingerprint density at radius 1 is 1.38 bits per heavy atom. The molecule has 0 aromatic carbocycles. The van der Waals surface area contributed by atoms with Crippen molar-refractivity contribution >= 4 is 17.7 Å². The van der Waals surface area contributed by atoms with Crippen LogP contribution >= 0.6 is 11.6 Å². The third-order valence-electron chi connectivity index (χ3n) is 3.93. The third kappa shape index (κ3) is 4.92. The highest BCUT2D eigenvalue weighted by Gasteiger charge is 2.25. The molecule has 1 saturated heterocycles. The number of hydrogen-bond donors (Lipinski definition) is 0. The van der Waals surface area contributed by atoms with Gasteiger partial charge in [0.25, 0.3) is 5.89 Å². The van der Waals surface area contributed by atoms with E-state index in [-0.39, 0.29) is 24.9 Å². The molecule has 0 unspecified atom stereocenters. The largest absolute Gasteiger partial charge is 0.447 e. The zero-order valence-corrected chi connectivity index (χ0v) is 15.5. The molecule has 1 fully saturated rings. The highest BCUT2D eigenvalue weighted by atomic mass is 35.5. The molecule has 26 heavy (non-hydrogen) atoms. The molecule has 140 valence electrons. The van der Waals surface area contributed by atoms with E-state index < -0.39 is 0 Å². The molecule has 0 spiro atoms. The van der Waals surface area contributed by atoms with Crippen molar-refractivity contribution in [2.45, 2.75) is 45.5 Å². The molecular weight excluding hydrogens is 360 g/mol. The molecule has 3 rings (SSSR count). The van der Waals surface area contributed by atoms with Gasteiger partial charge in [-0.05, 0) is 38.8 Å². The van der Waals surface area contributed by atoms with Gasteiger partial charge in [0, 0.05) is 24.8 Å². The number of aromatic nitrogens is 3. The van der Waals surface area contributed by atoms with E-state index in [1.165, 1.54) is 0 Å². The zero-order chi connectivity index (χ0) is 18.5. The van der Waals surface area contributed by atoms with Gasteiger partial charge < -0.3 is 18.9 Å². The van der Waals surface area contributed by atoms with Crippen LogP contribution in [-0.4, -0.2) is 51.4 Å². The number of likely N-dealkylation sites (tertiary alicyclic amines) is 1. The van der Waals surface area contributed by atoms with Crippen LogP contribution in [0, 0.1) is 0 Å². The Bertz CT molecular complexity index is 727. The number of piperidine rings is 1. The van der Waals surface area contributed by atoms with Crippen molar-refractivity contribution < 1.29 is 18.8 Å². The van der Waals surface area contributed by atoms with Crippen molar-refractivity contribution in [2.24, 2.45) is 0 Å². The lowest BCUT2D eigenvalue weighted by molar-refractivity contribution is -0.0147. The number of carbonyl (C=O) groups excluding carboxylic acids is 1. The van der Waals surface area contributed by atoms with Crippen molar-refractivity contribution in [3.63, 3.8) is 0 Å². The molecule has 1 amide bonds. The van der Waals surface area contributed by atoms with Gasteiger partial charge in [0.15, 0.2) is 0 Å². The maximum absolute atomic E-state index is 11.9. The number of amides is 1. The summed E-state index contributed by atoms with van der Waals surface area (Å²) < 4.78 is 16.3. The van der Waals surface area contributed by atoms with Crippen LogP contribution in [0.4, 0.5) is 4.79 Å². The summed E-state index contributed by atoms with van der Waals surface area (Å²) >= 11 is 5.77. The fourth-order valence-corrected chi connectivity index (χ4v) is 2.72. The van der Waals surface area contributed by atoms with Gasteiger partial charge in [-0.15, -0.1) is 0 Å². The Hall–Kier alpha value is -2.19. The molecule has 1 aliphatic heterocycles. The number of carbonyl (C=O) groups is 1. The quantitative estimate of drug-likeness (QED) is 0.735. The standard InChI is InChI=1S/C17H21ClN4O4/c1-11(2)25-17(23)22-7-5-13(6-8-22)24-10-15-20-16(21-26-15)12-3-4-14(18)19-9-12/h3-4,9,11,13H,5-8,10H2,1-2H3. The first-order valence-electron chi connectivity index (χ1n) is 8.53. The van der Waals surface area contributed by atoms with Gasteiger partial charge in [0.1, 0.15) is 11.8 Å². The summed E-state index contributed by atoms with van der Waals surface area (Å²) in [6.45, 7) is 5.14. The van der Waals surface area contributed by atoms with E-state index in [0.29, 0.717) is 30.0 Å². The van der Waals surface area contributed by atoms with Crippen molar-refractivity contribution in [2.75, 3.05) is 13.1 Å². The molecule has 0 N–H and O–H groups in total. The average molecular weight is 381 g/mol. The predicted octanol–water partition coefficient (Wildman–Crippen LogP) is 3.31. The summed E-state index contributed by atoms with van der Waals surface area (Å²) in [7, 11) is 0. The SMILES string of the molecule is CC(C)OC(=O)N1CCC(OCc2nc(-c3ccc(Cl)nc3)no2)CC1. The normalized spacial score (nSPS) is 15.5. The molecule has 0 atom stereocenters. The summed E-state index contributed by atoms with van der Waals surface area (Å²) in [6.07, 6.45) is 2.75. The van der Waals surface area contributed by atoms with Gasteiger partial charge in [0.2, 0.25) is 5.82 Å². The van der Waals surface area contributed by atoms with Crippen LogP contribution in [-0.2, 0) is 16.1 Å². The fraction of sp³-hybridized carbons (Fsp3) is 0.529. The Morgan fingerprint density at radius 3 is 2.81 bits per heavy atom. The van der Waals surface area contributed by atoms with Gasteiger partial charge in [-0.1, -0.05) is 16.8 Å². The first-order valence-corrected chi connectivity index (χ1v) is 8.90. The van der Waals surface area contributed by atoms with Gasteiger partial charge >= 0.3 is 6.09 Å². The molecule has 8 nitrogen and oxygen atoms in total. The highest BCUT2D eigenvalue weighted by Crippen LogP contribution is 2.19. The highest BCUT2D eigenvalue weighted by molar-refractivity contribution is 6.29. The van der Waals surface area contributed by atoms with Crippen LogP contribution in [0.1, 0.15) is 32.6 Å². The number of pyridine rings is 1. The van der Waals surface area contributed by atoms with Crippen molar-refractivity contribution in [3.05, 3.63) is 29.4 Å². The van der Waals surface area contributed by atoms with Crippen LogP contribution < -0.4 is 0 Å².